The monoisotopic (exact) mass is 512 g/mol. The van der Waals surface area contributed by atoms with E-state index in [9.17, 15) is 4.79 Å². The van der Waals surface area contributed by atoms with Gasteiger partial charge in [-0.15, -0.1) is 0 Å². The maximum atomic E-state index is 12.8. The molecule has 0 N–H and O–H groups in total. The molecule has 206 valence electrons. The summed E-state index contributed by atoms with van der Waals surface area (Å²) in [6, 6.07) is 5.56. The number of fused-ring (bicyclic) bond motifs is 1. The fraction of sp³-hybridized carbons (Fsp3) is 0.594. The van der Waals surface area contributed by atoms with Crippen LogP contribution in [0.15, 0.2) is 50.7 Å². The molecule has 0 atom stereocenters. The first kappa shape index (κ1) is 30.5. The summed E-state index contributed by atoms with van der Waals surface area (Å²) in [6.07, 6.45) is 16.1. The van der Waals surface area contributed by atoms with Gasteiger partial charge in [0.25, 0.3) is 0 Å². The van der Waals surface area contributed by atoms with Crippen LogP contribution in [0.25, 0.3) is 11.0 Å². The van der Waals surface area contributed by atoms with Gasteiger partial charge in [-0.1, -0.05) is 69.1 Å². The lowest BCUT2D eigenvalue weighted by Gasteiger charge is -2.15. The van der Waals surface area contributed by atoms with Crippen LogP contribution in [0.2, 0.25) is 0 Å². The van der Waals surface area contributed by atoms with E-state index in [-0.39, 0.29) is 11.9 Å². The van der Waals surface area contributed by atoms with E-state index in [1.807, 2.05) is 26.0 Å². The lowest BCUT2D eigenvalue weighted by Crippen LogP contribution is -2.15. The van der Waals surface area contributed by atoms with Gasteiger partial charge >= 0.3 is 5.63 Å². The van der Waals surface area contributed by atoms with Crippen LogP contribution in [0.5, 0.6) is 17.2 Å². The molecule has 1 aromatic heterocycles. The maximum absolute atomic E-state index is 12.8. The van der Waals surface area contributed by atoms with Crippen molar-refractivity contribution in [3.05, 3.63) is 51.9 Å². The standard InChI is InChI=1S/C32H48O5/c1-7-8-9-10-11-12-13-14-21-34-27-18-19-28-29(23-27)37-32(33)31(36-25(4)5)30(28)35-22-20-26(6)17-15-16-24(2)3/h16,18-20,23,25H,7-15,17,21-22H2,1-6H3/b26-20+. The molecule has 0 aliphatic heterocycles. The lowest BCUT2D eigenvalue weighted by molar-refractivity contribution is 0.216. The van der Waals surface area contributed by atoms with Crippen molar-refractivity contribution in [2.24, 2.45) is 0 Å². The molecule has 1 aromatic carbocycles. The molecule has 2 rings (SSSR count). The summed E-state index contributed by atoms with van der Waals surface area (Å²) < 4.78 is 23.5. The highest BCUT2D eigenvalue weighted by molar-refractivity contribution is 5.86. The van der Waals surface area contributed by atoms with Gasteiger partial charge in [-0.2, -0.15) is 0 Å². The molecule has 0 saturated carbocycles. The molecule has 2 aromatic rings. The van der Waals surface area contributed by atoms with Gasteiger partial charge in [0.2, 0.25) is 5.75 Å². The Morgan fingerprint density at radius 2 is 1.62 bits per heavy atom. The number of unbranched alkanes of at least 4 members (excludes halogenated alkanes) is 7. The highest BCUT2D eigenvalue weighted by Gasteiger charge is 2.19. The largest absolute Gasteiger partial charge is 0.493 e. The number of hydrogen-bond donors (Lipinski definition) is 0. The third-order valence-corrected chi connectivity index (χ3v) is 6.16. The zero-order chi connectivity index (χ0) is 27.0. The fourth-order valence-electron chi connectivity index (χ4n) is 4.09. The van der Waals surface area contributed by atoms with Crippen LogP contribution >= 0.6 is 0 Å². The Morgan fingerprint density at radius 1 is 0.919 bits per heavy atom. The summed E-state index contributed by atoms with van der Waals surface area (Å²) in [6.45, 7) is 13.3. The normalized spacial score (nSPS) is 11.7. The minimum Gasteiger partial charge on any atom is -0.493 e. The number of benzene rings is 1. The first-order chi connectivity index (χ1) is 17.8. The Labute approximate surface area is 223 Å². The van der Waals surface area contributed by atoms with Crippen molar-refractivity contribution in [2.45, 2.75) is 112 Å². The van der Waals surface area contributed by atoms with Crippen LogP contribution in [-0.4, -0.2) is 19.3 Å². The van der Waals surface area contributed by atoms with E-state index in [0.29, 0.717) is 35.7 Å². The smallest absolute Gasteiger partial charge is 0.383 e. The second kappa shape index (κ2) is 16.9. The molecular weight excluding hydrogens is 464 g/mol. The van der Waals surface area contributed by atoms with E-state index in [2.05, 4.69) is 39.8 Å². The predicted octanol–water partition coefficient (Wildman–Crippen LogP) is 9.17. The van der Waals surface area contributed by atoms with Gasteiger partial charge in [-0.05, 0) is 72.1 Å². The molecule has 0 spiro atoms. The average molecular weight is 513 g/mol. The Bertz CT molecular complexity index is 1060. The Morgan fingerprint density at radius 3 is 2.30 bits per heavy atom. The SMILES string of the molecule is CCCCCCCCCCOc1ccc2c(OC/C=C(\C)CCC=C(C)C)c(OC(C)C)c(=O)oc2c1. The highest BCUT2D eigenvalue weighted by Crippen LogP contribution is 2.35. The van der Waals surface area contributed by atoms with Gasteiger partial charge in [-0.3, -0.25) is 0 Å². The zero-order valence-corrected chi connectivity index (χ0v) is 24.0. The topological polar surface area (TPSA) is 57.9 Å². The number of rotatable bonds is 18. The Kier molecular flexibility index (Phi) is 14.0. The van der Waals surface area contributed by atoms with Gasteiger partial charge in [-0.25, -0.2) is 4.79 Å². The minimum absolute atomic E-state index is 0.116. The third kappa shape index (κ3) is 11.5. The summed E-state index contributed by atoms with van der Waals surface area (Å²) in [5.41, 5.74) is 2.46. The molecule has 0 fully saturated rings. The quantitative estimate of drug-likeness (QED) is 0.113. The van der Waals surface area contributed by atoms with Crippen molar-refractivity contribution in [1.29, 1.82) is 0 Å². The molecule has 1 heterocycles. The van der Waals surface area contributed by atoms with Crippen molar-refractivity contribution in [3.63, 3.8) is 0 Å². The zero-order valence-electron chi connectivity index (χ0n) is 24.0. The van der Waals surface area contributed by atoms with Crippen LogP contribution in [0.3, 0.4) is 0 Å². The van der Waals surface area contributed by atoms with Gasteiger partial charge in [0, 0.05) is 6.07 Å². The van der Waals surface area contributed by atoms with Gasteiger partial charge in [0.1, 0.15) is 17.9 Å². The van der Waals surface area contributed by atoms with E-state index in [1.165, 1.54) is 56.1 Å². The predicted molar refractivity (Wildman–Crippen MR) is 154 cm³/mol. The first-order valence-corrected chi connectivity index (χ1v) is 14.1. The number of allylic oxidation sites excluding steroid dienone is 3. The number of hydrogen-bond acceptors (Lipinski definition) is 5. The molecule has 0 aliphatic carbocycles. The summed E-state index contributed by atoms with van der Waals surface area (Å²) in [7, 11) is 0. The molecule has 0 aliphatic rings. The minimum atomic E-state index is -0.541. The highest BCUT2D eigenvalue weighted by atomic mass is 16.5. The first-order valence-electron chi connectivity index (χ1n) is 14.1. The Hall–Kier alpha value is -2.69. The Balaban J connectivity index is 2.06. The summed E-state index contributed by atoms with van der Waals surface area (Å²) in [5.74, 6) is 1.23. The molecule has 5 heteroatoms. The summed E-state index contributed by atoms with van der Waals surface area (Å²) >= 11 is 0. The van der Waals surface area contributed by atoms with Crippen molar-refractivity contribution in [2.75, 3.05) is 13.2 Å². The van der Waals surface area contributed by atoms with Crippen LogP contribution < -0.4 is 19.8 Å². The van der Waals surface area contributed by atoms with Crippen molar-refractivity contribution in [1.82, 2.24) is 0 Å². The third-order valence-electron chi connectivity index (χ3n) is 6.16. The molecule has 37 heavy (non-hydrogen) atoms. The second-order valence-electron chi connectivity index (χ2n) is 10.4. The molecule has 0 bridgehead atoms. The summed E-state index contributed by atoms with van der Waals surface area (Å²) in [4.78, 5) is 12.8. The second-order valence-corrected chi connectivity index (χ2v) is 10.4. The van der Waals surface area contributed by atoms with Crippen molar-refractivity contribution < 1.29 is 18.6 Å². The molecule has 0 saturated heterocycles. The molecule has 0 unspecified atom stereocenters. The van der Waals surface area contributed by atoms with E-state index in [1.54, 1.807) is 6.07 Å². The van der Waals surface area contributed by atoms with Gasteiger partial charge < -0.3 is 18.6 Å². The van der Waals surface area contributed by atoms with Crippen LogP contribution in [-0.2, 0) is 0 Å². The molecule has 0 amide bonds. The fourth-order valence-corrected chi connectivity index (χ4v) is 4.09. The maximum Gasteiger partial charge on any atom is 0.383 e. The van der Waals surface area contributed by atoms with Crippen LogP contribution in [0, 0.1) is 0 Å². The van der Waals surface area contributed by atoms with Crippen molar-refractivity contribution in [3.8, 4) is 17.2 Å². The van der Waals surface area contributed by atoms with Gasteiger partial charge in [0.05, 0.1) is 18.1 Å². The molecular formula is C32H48O5. The van der Waals surface area contributed by atoms with E-state index < -0.39 is 5.63 Å². The van der Waals surface area contributed by atoms with Crippen molar-refractivity contribution >= 4 is 11.0 Å². The van der Waals surface area contributed by atoms with Gasteiger partial charge in [0.15, 0.2) is 5.75 Å². The lowest BCUT2D eigenvalue weighted by atomic mass is 10.1. The average Bonchev–Trinajstić information content (AvgIpc) is 2.84. The van der Waals surface area contributed by atoms with E-state index in [4.69, 9.17) is 18.6 Å². The number of ether oxygens (including phenoxy) is 3. The van der Waals surface area contributed by atoms with E-state index in [0.717, 1.165) is 19.3 Å². The van der Waals surface area contributed by atoms with Crippen LogP contribution in [0.1, 0.15) is 106 Å². The van der Waals surface area contributed by atoms with E-state index >= 15 is 0 Å². The molecule has 5 nitrogen and oxygen atoms in total. The summed E-state index contributed by atoms with van der Waals surface area (Å²) in [5, 5.41) is 0.699. The van der Waals surface area contributed by atoms with Crippen LogP contribution in [0.4, 0.5) is 0 Å². The molecule has 0 radical (unpaired) electrons.